The summed E-state index contributed by atoms with van der Waals surface area (Å²) in [6.07, 6.45) is 0. The number of carbonyl (C=O) groups is 2. The van der Waals surface area contributed by atoms with Crippen molar-refractivity contribution in [1.29, 1.82) is 0 Å². The molecule has 3 aromatic rings. The van der Waals surface area contributed by atoms with Crippen LogP contribution in [0.15, 0.2) is 66.7 Å². The van der Waals surface area contributed by atoms with Gasteiger partial charge >= 0.3 is 11.9 Å². The highest BCUT2D eigenvalue weighted by Crippen LogP contribution is 2.36. The van der Waals surface area contributed by atoms with Gasteiger partial charge in [-0.1, -0.05) is 54.6 Å². The number of nitrogens with two attached hydrogens (primary N) is 1. The van der Waals surface area contributed by atoms with Crippen LogP contribution in [0.25, 0.3) is 22.3 Å². The van der Waals surface area contributed by atoms with Crippen molar-refractivity contribution < 1.29 is 28.9 Å². The maximum absolute atomic E-state index is 12.4. The Kier molecular flexibility index (Phi) is 7.28. The van der Waals surface area contributed by atoms with Crippen LogP contribution in [0.1, 0.15) is 26.3 Å². The van der Waals surface area contributed by atoms with Crippen molar-refractivity contribution in [2.24, 2.45) is 5.73 Å². The Morgan fingerprint density at radius 1 is 0.889 bits per heavy atom. The summed E-state index contributed by atoms with van der Waals surface area (Å²) in [7, 11) is 0. The number of thioether (sulfide) groups is 1. The van der Waals surface area contributed by atoms with E-state index in [1.165, 1.54) is 11.8 Å². The van der Waals surface area contributed by atoms with Crippen LogP contribution in [0.5, 0.6) is 11.5 Å². The molecular weight excluding hydrogens is 478 g/mol. The second kappa shape index (κ2) is 10.2. The molecule has 0 aliphatic carbocycles. The number of hydrogen-bond acceptors (Lipinski definition) is 7. The third-order valence-electron chi connectivity index (χ3n) is 5.62. The van der Waals surface area contributed by atoms with E-state index in [0.29, 0.717) is 5.75 Å². The third kappa shape index (κ3) is 5.83. The second-order valence-corrected chi connectivity index (χ2v) is 10.6. The molecular formula is C28H29NO6S. The number of ether oxygens (including phenoxy) is 3. The Morgan fingerprint density at radius 3 is 2.00 bits per heavy atom. The summed E-state index contributed by atoms with van der Waals surface area (Å²) >= 11 is 1.28. The fraction of sp³-hybridized carbons (Fsp3) is 0.286. The smallest absolute Gasteiger partial charge is 0.339 e. The number of aliphatic carboxylic acids is 1. The molecule has 1 aliphatic heterocycles. The molecule has 0 bridgehead atoms. The molecule has 8 heteroatoms. The van der Waals surface area contributed by atoms with E-state index in [0.717, 1.165) is 39.3 Å². The lowest BCUT2D eigenvalue weighted by atomic mass is 9.99. The van der Waals surface area contributed by atoms with E-state index in [4.69, 9.17) is 19.9 Å². The molecule has 0 aromatic heterocycles. The van der Waals surface area contributed by atoms with E-state index in [1.54, 1.807) is 20.8 Å². The molecule has 1 unspecified atom stereocenters. The number of carboxylic acid groups (broad SMARTS) is 1. The minimum atomic E-state index is -2.10. The van der Waals surface area contributed by atoms with Gasteiger partial charge in [-0.05, 0) is 60.7 Å². The summed E-state index contributed by atoms with van der Waals surface area (Å²) in [5, 5.41) is 9.54. The molecule has 36 heavy (non-hydrogen) atoms. The Balaban J connectivity index is 1.37. The van der Waals surface area contributed by atoms with Crippen LogP contribution < -0.4 is 15.2 Å². The first kappa shape index (κ1) is 25.6. The summed E-state index contributed by atoms with van der Waals surface area (Å²) in [4.78, 5) is 24.1. The minimum absolute atomic E-state index is 0.0969. The number of fused-ring (bicyclic) bond motifs is 1. The normalized spacial score (nSPS) is 14.2. The van der Waals surface area contributed by atoms with Crippen molar-refractivity contribution in [3.8, 4) is 33.8 Å². The average molecular weight is 508 g/mol. The molecule has 7 nitrogen and oxygen atoms in total. The summed E-state index contributed by atoms with van der Waals surface area (Å²) in [5.41, 5.74) is 8.29. The molecule has 1 heterocycles. The van der Waals surface area contributed by atoms with Crippen molar-refractivity contribution in [3.05, 3.63) is 72.3 Å². The van der Waals surface area contributed by atoms with E-state index >= 15 is 0 Å². The Labute approximate surface area is 214 Å². The molecule has 0 amide bonds. The topological polar surface area (TPSA) is 108 Å². The van der Waals surface area contributed by atoms with Crippen molar-refractivity contribution in [2.75, 3.05) is 12.5 Å². The number of esters is 1. The van der Waals surface area contributed by atoms with Gasteiger partial charge in [0.15, 0.2) is 11.5 Å². The Morgan fingerprint density at radius 2 is 1.42 bits per heavy atom. The first-order valence-electron chi connectivity index (χ1n) is 11.5. The minimum Gasteiger partial charge on any atom is -0.479 e. The first-order chi connectivity index (χ1) is 17.0. The predicted octanol–water partition coefficient (Wildman–Crippen LogP) is 5.11. The monoisotopic (exact) mass is 507 g/mol. The highest BCUT2D eigenvalue weighted by molar-refractivity contribution is 7.98. The highest BCUT2D eigenvalue weighted by Gasteiger charge is 2.45. The molecule has 4 rings (SSSR count). The maximum Gasteiger partial charge on any atom is 0.339 e. The standard InChI is InChI=1S/C28H29NO6S/c1-27(2,3)35-26(32)28(29,25(30)31)16-36-15-18-4-6-19(7-5-18)20-8-10-21(11-9-20)22-12-13-23-24(14-22)34-17-33-23/h4-14H,15-17,29H2,1-3H3,(H,30,31). The average Bonchev–Trinajstić information content (AvgIpc) is 3.31. The van der Waals surface area contributed by atoms with Crippen molar-refractivity contribution in [1.82, 2.24) is 0 Å². The van der Waals surface area contributed by atoms with Crippen LogP contribution in [0.4, 0.5) is 0 Å². The maximum atomic E-state index is 12.4. The lowest BCUT2D eigenvalue weighted by Crippen LogP contribution is -2.59. The van der Waals surface area contributed by atoms with Gasteiger partial charge in [0, 0.05) is 11.5 Å². The quantitative estimate of drug-likeness (QED) is 0.320. The second-order valence-electron chi connectivity index (χ2n) is 9.61. The third-order valence-corrected chi connectivity index (χ3v) is 6.82. The van der Waals surface area contributed by atoms with Gasteiger partial charge in [-0.3, -0.25) is 0 Å². The SMILES string of the molecule is CC(C)(C)OC(=O)C(N)(CSCc1ccc(-c2ccc(-c3ccc4c(c3)OCO4)cc2)cc1)C(=O)O. The molecule has 1 aliphatic rings. The summed E-state index contributed by atoms with van der Waals surface area (Å²) in [6.45, 7) is 5.27. The van der Waals surface area contributed by atoms with E-state index in [2.05, 4.69) is 24.3 Å². The van der Waals surface area contributed by atoms with E-state index < -0.39 is 23.1 Å². The zero-order chi connectivity index (χ0) is 25.9. The number of carbonyl (C=O) groups excluding carboxylic acids is 1. The summed E-state index contributed by atoms with van der Waals surface area (Å²) < 4.78 is 16.1. The van der Waals surface area contributed by atoms with Gasteiger partial charge in [-0.15, -0.1) is 0 Å². The molecule has 0 spiro atoms. The molecule has 1 atom stereocenters. The predicted molar refractivity (Wildman–Crippen MR) is 140 cm³/mol. The lowest BCUT2D eigenvalue weighted by molar-refractivity contribution is -0.167. The first-order valence-corrected chi connectivity index (χ1v) is 12.6. The van der Waals surface area contributed by atoms with Crippen LogP contribution in [0, 0.1) is 0 Å². The van der Waals surface area contributed by atoms with E-state index in [-0.39, 0.29) is 12.5 Å². The molecule has 0 fully saturated rings. The molecule has 188 valence electrons. The van der Waals surface area contributed by atoms with Gasteiger partial charge in [0.05, 0.1) is 0 Å². The summed E-state index contributed by atoms with van der Waals surface area (Å²) in [5.74, 6) is -0.401. The lowest BCUT2D eigenvalue weighted by Gasteiger charge is -2.27. The summed E-state index contributed by atoms with van der Waals surface area (Å²) in [6, 6.07) is 22.2. The van der Waals surface area contributed by atoms with Crippen molar-refractivity contribution >= 4 is 23.7 Å². The Bertz CT molecular complexity index is 1250. The Hall–Kier alpha value is -3.49. The van der Waals surface area contributed by atoms with Gasteiger partial charge in [-0.25, -0.2) is 9.59 Å². The zero-order valence-corrected chi connectivity index (χ0v) is 21.3. The van der Waals surface area contributed by atoms with Crippen molar-refractivity contribution in [2.45, 2.75) is 37.7 Å². The van der Waals surface area contributed by atoms with Crippen LogP contribution in [0.3, 0.4) is 0 Å². The van der Waals surface area contributed by atoms with Crippen LogP contribution in [0.2, 0.25) is 0 Å². The molecule has 0 saturated heterocycles. The molecule has 0 saturated carbocycles. The number of hydrogen-bond donors (Lipinski definition) is 2. The largest absolute Gasteiger partial charge is 0.479 e. The zero-order valence-electron chi connectivity index (χ0n) is 20.4. The van der Waals surface area contributed by atoms with Crippen LogP contribution in [-0.2, 0) is 20.1 Å². The highest BCUT2D eigenvalue weighted by atomic mass is 32.2. The van der Waals surface area contributed by atoms with Gasteiger partial charge in [0.2, 0.25) is 12.3 Å². The molecule has 3 aromatic carbocycles. The van der Waals surface area contributed by atoms with Crippen LogP contribution in [-0.4, -0.2) is 40.7 Å². The number of benzene rings is 3. The fourth-order valence-corrected chi connectivity index (χ4v) is 4.73. The molecule has 3 N–H and O–H groups in total. The van der Waals surface area contributed by atoms with Crippen LogP contribution >= 0.6 is 11.8 Å². The van der Waals surface area contributed by atoms with Gasteiger partial charge in [-0.2, -0.15) is 11.8 Å². The van der Waals surface area contributed by atoms with Crippen molar-refractivity contribution in [3.63, 3.8) is 0 Å². The van der Waals surface area contributed by atoms with E-state index in [1.807, 2.05) is 42.5 Å². The number of carboxylic acids is 1. The van der Waals surface area contributed by atoms with Gasteiger partial charge in [0.1, 0.15) is 5.60 Å². The molecule has 0 radical (unpaired) electrons. The fourth-order valence-electron chi connectivity index (χ4n) is 3.63. The van der Waals surface area contributed by atoms with Gasteiger partial charge < -0.3 is 25.1 Å². The van der Waals surface area contributed by atoms with E-state index in [9.17, 15) is 14.7 Å². The number of rotatable bonds is 8. The van der Waals surface area contributed by atoms with Gasteiger partial charge in [0.25, 0.3) is 0 Å².